The van der Waals surface area contributed by atoms with Crippen LogP contribution in [0.5, 0.6) is 0 Å². The number of rotatable bonds is 1. The molecule has 92 valence electrons. The maximum atomic E-state index is 6.15. The molecule has 17 heavy (non-hydrogen) atoms. The van der Waals surface area contributed by atoms with Gasteiger partial charge in [-0.25, -0.2) is 0 Å². The lowest BCUT2D eigenvalue weighted by Gasteiger charge is -2.33. The first kappa shape index (κ1) is 12.4. The number of hydrogen-bond donors (Lipinski definition) is 1. The molecule has 0 radical (unpaired) electrons. The summed E-state index contributed by atoms with van der Waals surface area (Å²) in [5.41, 5.74) is 12.0. The highest BCUT2D eigenvalue weighted by Crippen LogP contribution is 2.39. The van der Waals surface area contributed by atoms with Crippen LogP contribution in [0.1, 0.15) is 43.4 Å². The smallest absolute Gasteiger partial charge is 0.0234 e. The molecule has 1 heteroatoms. The first-order chi connectivity index (χ1) is 7.87. The lowest BCUT2D eigenvalue weighted by molar-refractivity contribution is 0.318. The van der Waals surface area contributed by atoms with Crippen LogP contribution in [0.4, 0.5) is 0 Å². The van der Waals surface area contributed by atoms with Crippen molar-refractivity contribution in [2.75, 3.05) is 0 Å². The Labute approximate surface area is 105 Å². The molecule has 0 aromatic heterocycles. The monoisotopic (exact) mass is 229 g/mol. The van der Waals surface area contributed by atoms with Crippen molar-refractivity contribution in [3.05, 3.63) is 41.0 Å². The third kappa shape index (κ3) is 2.78. The Balaban J connectivity index is 2.43. The molecule has 1 aliphatic carbocycles. The van der Waals surface area contributed by atoms with E-state index in [-0.39, 0.29) is 6.04 Å². The molecule has 1 unspecified atom stereocenters. The first-order valence-electron chi connectivity index (χ1n) is 6.41. The van der Waals surface area contributed by atoms with Gasteiger partial charge in [-0.2, -0.15) is 0 Å². The van der Waals surface area contributed by atoms with Crippen molar-refractivity contribution < 1.29 is 0 Å². The fraction of sp³-hybridized carbons (Fsp3) is 0.500. The first-order valence-corrected chi connectivity index (χ1v) is 6.41. The highest BCUT2D eigenvalue weighted by Gasteiger charge is 2.27. The summed E-state index contributed by atoms with van der Waals surface area (Å²) in [6.07, 6.45) is 4.47. The van der Waals surface area contributed by atoms with Gasteiger partial charge in [0.15, 0.2) is 0 Å². The van der Waals surface area contributed by atoms with Crippen LogP contribution in [0.3, 0.4) is 0 Å². The minimum Gasteiger partial charge on any atom is -0.324 e. The average molecular weight is 229 g/mol. The highest BCUT2D eigenvalue weighted by atomic mass is 14.6. The van der Waals surface area contributed by atoms with Crippen molar-refractivity contribution >= 4 is 5.57 Å². The van der Waals surface area contributed by atoms with Crippen LogP contribution in [0.15, 0.2) is 24.3 Å². The second kappa shape index (κ2) is 4.30. The average Bonchev–Trinajstić information content (AvgIpc) is 2.18. The zero-order chi connectivity index (χ0) is 12.6. The van der Waals surface area contributed by atoms with E-state index >= 15 is 0 Å². The van der Waals surface area contributed by atoms with Gasteiger partial charge in [0.05, 0.1) is 0 Å². The van der Waals surface area contributed by atoms with Gasteiger partial charge >= 0.3 is 0 Å². The van der Waals surface area contributed by atoms with Gasteiger partial charge in [-0.1, -0.05) is 43.7 Å². The van der Waals surface area contributed by atoms with E-state index in [1.54, 1.807) is 0 Å². The van der Waals surface area contributed by atoms with Crippen molar-refractivity contribution in [1.29, 1.82) is 0 Å². The lowest BCUT2D eigenvalue weighted by atomic mass is 9.73. The molecular weight excluding hydrogens is 206 g/mol. The standard InChI is InChI=1S/C16H23N/c1-11-5-6-12(2)15(7-11)13-8-14(17)10-16(3,4)9-13/h5-8,14H,9-10,17H2,1-4H3. The maximum Gasteiger partial charge on any atom is 0.0234 e. The molecule has 0 heterocycles. The van der Waals surface area contributed by atoms with E-state index in [1.165, 1.54) is 22.3 Å². The van der Waals surface area contributed by atoms with Crippen molar-refractivity contribution in [3.8, 4) is 0 Å². The van der Waals surface area contributed by atoms with Gasteiger partial charge in [-0.3, -0.25) is 0 Å². The topological polar surface area (TPSA) is 26.0 Å². The van der Waals surface area contributed by atoms with E-state index < -0.39 is 0 Å². The van der Waals surface area contributed by atoms with E-state index in [1.807, 2.05) is 0 Å². The molecule has 1 aromatic carbocycles. The van der Waals surface area contributed by atoms with Crippen molar-refractivity contribution in [2.45, 2.75) is 46.6 Å². The minimum absolute atomic E-state index is 0.202. The second-order valence-corrected chi connectivity index (χ2v) is 6.22. The normalized spacial score (nSPS) is 23.4. The molecule has 1 atom stereocenters. The molecule has 1 nitrogen and oxygen atoms in total. The van der Waals surface area contributed by atoms with Gasteiger partial charge in [0.25, 0.3) is 0 Å². The van der Waals surface area contributed by atoms with Crippen LogP contribution >= 0.6 is 0 Å². The lowest BCUT2D eigenvalue weighted by Crippen LogP contribution is -2.30. The summed E-state index contributed by atoms with van der Waals surface area (Å²) in [5, 5.41) is 0. The summed E-state index contributed by atoms with van der Waals surface area (Å²) >= 11 is 0. The third-order valence-electron chi connectivity index (χ3n) is 3.61. The molecular formula is C16H23N. The van der Waals surface area contributed by atoms with Gasteiger partial charge in [-0.05, 0) is 48.8 Å². The largest absolute Gasteiger partial charge is 0.324 e. The quantitative estimate of drug-likeness (QED) is 0.778. The Morgan fingerprint density at radius 1 is 1.24 bits per heavy atom. The molecule has 0 amide bonds. The number of allylic oxidation sites excluding steroid dienone is 1. The van der Waals surface area contributed by atoms with Crippen LogP contribution in [-0.2, 0) is 0 Å². The van der Waals surface area contributed by atoms with Crippen LogP contribution in [0, 0.1) is 19.3 Å². The van der Waals surface area contributed by atoms with Crippen molar-refractivity contribution in [1.82, 2.24) is 0 Å². The van der Waals surface area contributed by atoms with Gasteiger partial charge in [0.2, 0.25) is 0 Å². The Kier molecular flexibility index (Phi) is 3.13. The number of nitrogens with two attached hydrogens (primary N) is 1. The summed E-state index contributed by atoms with van der Waals surface area (Å²) in [7, 11) is 0. The van der Waals surface area contributed by atoms with Gasteiger partial charge in [0.1, 0.15) is 0 Å². The predicted molar refractivity (Wildman–Crippen MR) is 74.9 cm³/mol. The number of benzene rings is 1. The molecule has 1 aromatic rings. The van der Waals surface area contributed by atoms with E-state index in [0.717, 1.165) is 12.8 Å². The molecule has 0 bridgehead atoms. The van der Waals surface area contributed by atoms with Crippen LogP contribution < -0.4 is 5.73 Å². The molecule has 0 fully saturated rings. The van der Waals surface area contributed by atoms with Crippen LogP contribution in [0.2, 0.25) is 0 Å². The molecule has 2 N–H and O–H groups in total. The third-order valence-corrected chi connectivity index (χ3v) is 3.61. The van der Waals surface area contributed by atoms with Crippen molar-refractivity contribution in [2.24, 2.45) is 11.1 Å². The SMILES string of the molecule is Cc1ccc(C)c(C2=CC(N)CC(C)(C)C2)c1. The summed E-state index contributed by atoms with van der Waals surface area (Å²) in [5.74, 6) is 0. The van der Waals surface area contributed by atoms with Gasteiger partial charge in [-0.15, -0.1) is 0 Å². The zero-order valence-electron chi connectivity index (χ0n) is 11.4. The van der Waals surface area contributed by atoms with E-state index in [4.69, 9.17) is 5.73 Å². The fourth-order valence-corrected chi connectivity index (χ4v) is 2.87. The Morgan fingerprint density at radius 2 is 1.94 bits per heavy atom. The molecule has 1 aliphatic rings. The van der Waals surface area contributed by atoms with Crippen LogP contribution in [0.25, 0.3) is 5.57 Å². The summed E-state index contributed by atoms with van der Waals surface area (Å²) in [6.45, 7) is 8.95. The van der Waals surface area contributed by atoms with Crippen LogP contribution in [-0.4, -0.2) is 6.04 Å². The maximum absolute atomic E-state index is 6.15. The number of hydrogen-bond acceptors (Lipinski definition) is 1. The fourth-order valence-electron chi connectivity index (χ4n) is 2.87. The summed E-state index contributed by atoms with van der Waals surface area (Å²) < 4.78 is 0. The van der Waals surface area contributed by atoms with E-state index in [9.17, 15) is 0 Å². The molecule has 0 spiro atoms. The predicted octanol–water partition coefficient (Wildman–Crippen LogP) is 3.83. The molecule has 0 saturated carbocycles. The summed E-state index contributed by atoms with van der Waals surface area (Å²) in [6, 6.07) is 6.87. The Hall–Kier alpha value is -1.08. The minimum atomic E-state index is 0.202. The summed E-state index contributed by atoms with van der Waals surface area (Å²) in [4.78, 5) is 0. The van der Waals surface area contributed by atoms with E-state index in [2.05, 4.69) is 52.0 Å². The Bertz CT molecular complexity index is 455. The zero-order valence-corrected chi connectivity index (χ0v) is 11.4. The second-order valence-electron chi connectivity index (χ2n) is 6.22. The number of aryl methyl sites for hydroxylation is 2. The highest BCUT2D eigenvalue weighted by molar-refractivity contribution is 5.70. The molecule has 2 rings (SSSR count). The van der Waals surface area contributed by atoms with Gasteiger partial charge < -0.3 is 5.73 Å². The molecule has 0 aliphatic heterocycles. The molecule has 0 saturated heterocycles. The van der Waals surface area contributed by atoms with Crippen molar-refractivity contribution in [3.63, 3.8) is 0 Å². The van der Waals surface area contributed by atoms with Gasteiger partial charge in [0, 0.05) is 6.04 Å². The van der Waals surface area contributed by atoms with E-state index in [0.29, 0.717) is 5.41 Å². The Morgan fingerprint density at radius 3 is 2.59 bits per heavy atom.